The number of hydrogen-bond donors (Lipinski definition) is 2. The van der Waals surface area contributed by atoms with E-state index in [4.69, 9.17) is 5.73 Å². The molecule has 1 amide bonds. The van der Waals surface area contributed by atoms with Gasteiger partial charge in [0.2, 0.25) is 11.9 Å². The predicted octanol–water partition coefficient (Wildman–Crippen LogP) is 2.21. The van der Waals surface area contributed by atoms with Crippen LogP contribution in [0.2, 0.25) is 0 Å². The number of rotatable bonds is 6. The number of carbonyl (C=O) groups is 1. The van der Waals surface area contributed by atoms with Crippen molar-refractivity contribution in [3.05, 3.63) is 18.5 Å². The molecule has 0 aromatic carbocycles. The van der Waals surface area contributed by atoms with Crippen LogP contribution < -0.4 is 11.1 Å². The van der Waals surface area contributed by atoms with Crippen LogP contribution in [0.1, 0.15) is 40.0 Å². The molecule has 1 unspecified atom stereocenters. The van der Waals surface area contributed by atoms with Crippen LogP contribution in [0.25, 0.3) is 0 Å². The van der Waals surface area contributed by atoms with E-state index in [1.807, 2.05) is 0 Å². The minimum Gasteiger partial charge on any atom is -0.330 e. The second-order valence-electron chi connectivity index (χ2n) is 5.80. The van der Waals surface area contributed by atoms with Crippen LogP contribution in [0, 0.1) is 11.3 Å². The zero-order valence-corrected chi connectivity index (χ0v) is 12.0. The lowest BCUT2D eigenvalue weighted by Crippen LogP contribution is -2.25. The molecule has 1 heterocycles. The topological polar surface area (TPSA) is 80.9 Å². The summed E-state index contributed by atoms with van der Waals surface area (Å²) in [6.45, 7) is 7.22. The average molecular weight is 264 g/mol. The van der Waals surface area contributed by atoms with E-state index in [1.54, 1.807) is 18.5 Å². The molecule has 0 saturated carbocycles. The van der Waals surface area contributed by atoms with Gasteiger partial charge >= 0.3 is 0 Å². The maximum Gasteiger partial charge on any atom is 0.229 e. The maximum absolute atomic E-state index is 11.8. The highest BCUT2D eigenvalue weighted by Gasteiger charge is 2.24. The number of carbonyl (C=O) groups excluding carboxylic acids is 1. The van der Waals surface area contributed by atoms with Crippen molar-refractivity contribution in [1.82, 2.24) is 9.97 Å². The highest BCUT2D eigenvalue weighted by Crippen LogP contribution is 2.32. The summed E-state index contributed by atoms with van der Waals surface area (Å²) < 4.78 is 0. The second kappa shape index (κ2) is 7.19. The van der Waals surface area contributed by atoms with Gasteiger partial charge in [-0.05, 0) is 36.8 Å². The first-order valence-electron chi connectivity index (χ1n) is 6.70. The summed E-state index contributed by atoms with van der Waals surface area (Å²) in [6.07, 6.45) is 5.46. The van der Waals surface area contributed by atoms with Crippen LogP contribution in [0.5, 0.6) is 0 Å². The Morgan fingerprint density at radius 1 is 1.32 bits per heavy atom. The lowest BCUT2D eigenvalue weighted by atomic mass is 9.76. The number of anilines is 1. The van der Waals surface area contributed by atoms with Crippen molar-refractivity contribution in [2.24, 2.45) is 17.1 Å². The van der Waals surface area contributed by atoms with Crippen molar-refractivity contribution in [3.63, 3.8) is 0 Å². The Kier molecular flexibility index (Phi) is 5.89. The van der Waals surface area contributed by atoms with Gasteiger partial charge < -0.3 is 5.73 Å². The molecule has 1 rings (SSSR count). The Bertz CT molecular complexity index is 386. The molecule has 0 aliphatic carbocycles. The summed E-state index contributed by atoms with van der Waals surface area (Å²) >= 11 is 0. The van der Waals surface area contributed by atoms with Gasteiger partial charge in [0.1, 0.15) is 0 Å². The van der Waals surface area contributed by atoms with Gasteiger partial charge in [0.25, 0.3) is 0 Å². The molecular weight excluding hydrogens is 240 g/mol. The van der Waals surface area contributed by atoms with E-state index in [1.165, 1.54) is 0 Å². The summed E-state index contributed by atoms with van der Waals surface area (Å²) in [5.41, 5.74) is 5.81. The Balaban J connectivity index is 2.44. The van der Waals surface area contributed by atoms with Crippen LogP contribution in [-0.2, 0) is 4.79 Å². The lowest BCUT2D eigenvalue weighted by molar-refractivity contribution is -0.116. The first-order chi connectivity index (χ1) is 8.93. The van der Waals surface area contributed by atoms with Crippen LogP contribution in [0.3, 0.4) is 0 Å². The molecule has 1 aromatic heterocycles. The summed E-state index contributed by atoms with van der Waals surface area (Å²) in [5.74, 6) is 0.760. The van der Waals surface area contributed by atoms with Gasteiger partial charge in [0, 0.05) is 18.8 Å². The Morgan fingerprint density at radius 2 is 1.95 bits per heavy atom. The number of nitrogens with two attached hydrogens (primary N) is 1. The highest BCUT2D eigenvalue weighted by atomic mass is 16.1. The molecule has 106 valence electrons. The van der Waals surface area contributed by atoms with Crippen molar-refractivity contribution < 1.29 is 4.79 Å². The van der Waals surface area contributed by atoms with Crippen molar-refractivity contribution >= 4 is 11.9 Å². The highest BCUT2D eigenvalue weighted by molar-refractivity contribution is 5.88. The molecule has 0 fully saturated rings. The van der Waals surface area contributed by atoms with Crippen molar-refractivity contribution in [3.8, 4) is 0 Å². The molecule has 0 radical (unpaired) electrons. The average Bonchev–Trinajstić information content (AvgIpc) is 2.34. The molecular formula is C14H24N4O. The molecule has 1 atom stereocenters. The van der Waals surface area contributed by atoms with E-state index in [0.29, 0.717) is 24.8 Å². The zero-order chi connectivity index (χ0) is 14.3. The molecule has 0 bridgehead atoms. The third-order valence-electron chi connectivity index (χ3n) is 3.28. The molecule has 5 nitrogen and oxygen atoms in total. The van der Waals surface area contributed by atoms with Gasteiger partial charge in [0.15, 0.2) is 0 Å². The summed E-state index contributed by atoms with van der Waals surface area (Å²) in [5, 5.41) is 2.70. The van der Waals surface area contributed by atoms with Crippen LogP contribution in [0.4, 0.5) is 5.95 Å². The number of aromatic nitrogens is 2. The van der Waals surface area contributed by atoms with Crippen LogP contribution in [-0.4, -0.2) is 22.4 Å². The molecule has 5 heteroatoms. The zero-order valence-electron chi connectivity index (χ0n) is 12.0. The second-order valence-corrected chi connectivity index (χ2v) is 5.80. The number of amides is 1. The van der Waals surface area contributed by atoms with Gasteiger partial charge in [-0.25, -0.2) is 9.97 Å². The molecule has 19 heavy (non-hydrogen) atoms. The number of hydrogen-bond acceptors (Lipinski definition) is 4. The first kappa shape index (κ1) is 15.6. The Morgan fingerprint density at radius 3 is 2.47 bits per heavy atom. The fraction of sp³-hybridized carbons (Fsp3) is 0.643. The molecule has 0 aliphatic rings. The fourth-order valence-electron chi connectivity index (χ4n) is 2.07. The van der Waals surface area contributed by atoms with E-state index in [-0.39, 0.29) is 11.3 Å². The van der Waals surface area contributed by atoms with Crippen LogP contribution >= 0.6 is 0 Å². The van der Waals surface area contributed by atoms with E-state index >= 15 is 0 Å². The summed E-state index contributed by atoms with van der Waals surface area (Å²) in [7, 11) is 0. The quantitative estimate of drug-likeness (QED) is 0.825. The van der Waals surface area contributed by atoms with Gasteiger partial charge in [-0.2, -0.15) is 0 Å². The normalized spacial score (nSPS) is 13.1. The summed E-state index contributed by atoms with van der Waals surface area (Å²) in [6, 6.07) is 1.71. The van der Waals surface area contributed by atoms with Crippen molar-refractivity contribution in [2.45, 2.75) is 40.0 Å². The van der Waals surface area contributed by atoms with Crippen molar-refractivity contribution in [1.29, 1.82) is 0 Å². The van der Waals surface area contributed by atoms with Gasteiger partial charge in [0.05, 0.1) is 0 Å². The molecule has 3 N–H and O–H groups in total. The molecule has 0 spiro atoms. The van der Waals surface area contributed by atoms with Gasteiger partial charge in [-0.3, -0.25) is 10.1 Å². The number of nitrogens with one attached hydrogen (secondary N) is 1. The Labute approximate surface area is 115 Å². The summed E-state index contributed by atoms with van der Waals surface area (Å²) in [4.78, 5) is 19.8. The van der Waals surface area contributed by atoms with E-state index < -0.39 is 0 Å². The maximum atomic E-state index is 11.8. The largest absolute Gasteiger partial charge is 0.330 e. The van der Waals surface area contributed by atoms with E-state index in [9.17, 15) is 4.79 Å². The monoisotopic (exact) mass is 264 g/mol. The Hall–Kier alpha value is -1.49. The third kappa shape index (κ3) is 5.79. The van der Waals surface area contributed by atoms with Gasteiger partial charge in [-0.15, -0.1) is 0 Å². The molecule has 0 saturated heterocycles. The third-order valence-corrected chi connectivity index (χ3v) is 3.28. The molecule has 0 aliphatic heterocycles. The predicted molar refractivity (Wildman–Crippen MR) is 76.5 cm³/mol. The minimum atomic E-state index is -0.0440. The lowest BCUT2D eigenvalue weighted by Gasteiger charge is -2.30. The first-order valence-corrected chi connectivity index (χ1v) is 6.70. The smallest absolute Gasteiger partial charge is 0.229 e. The van der Waals surface area contributed by atoms with Gasteiger partial charge in [-0.1, -0.05) is 20.8 Å². The molecule has 1 aromatic rings. The fourth-order valence-corrected chi connectivity index (χ4v) is 2.07. The number of nitrogens with zero attached hydrogens (tertiary/aromatic N) is 2. The van der Waals surface area contributed by atoms with E-state index in [0.717, 1.165) is 12.8 Å². The van der Waals surface area contributed by atoms with Crippen molar-refractivity contribution in [2.75, 3.05) is 11.9 Å². The van der Waals surface area contributed by atoms with E-state index in [2.05, 4.69) is 36.1 Å². The SMILES string of the molecule is CC(C)(C)C(CCN)CCC(=O)Nc1ncccn1. The standard InChI is InChI=1S/C14H24N4O/c1-14(2,3)11(7-8-15)5-6-12(19)18-13-16-9-4-10-17-13/h4,9-11H,5-8,15H2,1-3H3,(H,16,17,18,19). The van der Waals surface area contributed by atoms with Crippen LogP contribution in [0.15, 0.2) is 18.5 Å². The minimum absolute atomic E-state index is 0.0440.